The summed E-state index contributed by atoms with van der Waals surface area (Å²) in [6, 6.07) is -1.17. The van der Waals surface area contributed by atoms with Crippen molar-refractivity contribution in [3.63, 3.8) is 0 Å². The molecule has 22 nitrogen and oxygen atoms in total. The monoisotopic (exact) mass is 1160 g/mol. The minimum absolute atomic E-state index is 0.00313. The molecule has 1 aliphatic carbocycles. The van der Waals surface area contributed by atoms with Gasteiger partial charge in [0.25, 0.3) is 23.6 Å². The van der Waals surface area contributed by atoms with Crippen molar-refractivity contribution in [1.82, 2.24) is 36.4 Å². The molecule has 0 aromatic heterocycles. The molecule has 5 N–H and O–H groups in total. The molecule has 27 heteroatoms. The van der Waals surface area contributed by atoms with Crippen LogP contribution in [0, 0.1) is 0 Å². The SMILES string of the molecule is CP(C)C(=O)NCCCCC(NC(=O)P(C)C)C(=O)CCCN1C(=O)C=CC1=O.CP(C)C(=O)NCCCCC(NC(=O)P(C)C)C(=O)CCCNC(=O)CCN1C(=O)C=CC1=O.CP(C)C(=O)OC1C(=O)CCC1=O. The van der Waals surface area contributed by atoms with Crippen molar-refractivity contribution in [2.75, 3.05) is 99.4 Å². The van der Waals surface area contributed by atoms with Crippen molar-refractivity contribution in [1.29, 1.82) is 0 Å². The highest BCUT2D eigenvalue weighted by atomic mass is 31.1. The van der Waals surface area contributed by atoms with E-state index in [0.717, 1.165) is 22.6 Å². The van der Waals surface area contributed by atoms with Gasteiger partial charge in [0, 0.05) is 97.1 Å². The highest BCUT2D eigenvalue weighted by Gasteiger charge is 2.36. The van der Waals surface area contributed by atoms with Crippen LogP contribution in [0.2, 0.25) is 0 Å². The van der Waals surface area contributed by atoms with Gasteiger partial charge in [-0.25, -0.2) is 4.79 Å². The van der Waals surface area contributed by atoms with E-state index in [0.29, 0.717) is 51.6 Å². The first kappa shape index (κ1) is 69.4. The highest BCUT2D eigenvalue weighted by molar-refractivity contribution is 7.74. The van der Waals surface area contributed by atoms with Gasteiger partial charge in [0.1, 0.15) is 0 Å². The quantitative estimate of drug-likeness (QED) is 0.0228. The summed E-state index contributed by atoms with van der Waals surface area (Å²) in [5.74, 6) is -2.61. The number of Topliss-reactive ketones (excluding diaryl/α,β-unsaturated/α-hetero) is 4. The molecule has 1 fully saturated rings. The maximum atomic E-state index is 12.7. The number of carbonyl (C=O) groups is 14. The lowest BCUT2D eigenvalue weighted by atomic mass is 10.0. The Balaban J connectivity index is 0.000000620. The van der Waals surface area contributed by atoms with Crippen LogP contribution in [0.4, 0.5) is 24.0 Å². The van der Waals surface area contributed by atoms with Gasteiger partial charge in [0.05, 0.1) is 12.1 Å². The molecule has 0 radical (unpaired) electrons. The largest absolute Gasteiger partial charge is 0.443 e. The summed E-state index contributed by atoms with van der Waals surface area (Å²) in [4.78, 5) is 166. The Hall–Kier alpha value is -4.59. The van der Waals surface area contributed by atoms with E-state index in [9.17, 15) is 67.1 Å². The third-order valence-electron chi connectivity index (χ3n) is 11.3. The van der Waals surface area contributed by atoms with E-state index in [-0.39, 0.29) is 115 Å². The number of hydrogen-bond donors (Lipinski definition) is 5. The van der Waals surface area contributed by atoms with E-state index < -0.39 is 75.3 Å². The number of nitrogens with one attached hydrogen (secondary N) is 5. The maximum absolute atomic E-state index is 12.7. The van der Waals surface area contributed by atoms with Crippen LogP contribution < -0.4 is 26.6 Å². The van der Waals surface area contributed by atoms with E-state index in [1.54, 1.807) is 13.3 Å². The van der Waals surface area contributed by atoms with Gasteiger partial charge in [-0.2, -0.15) is 0 Å². The van der Waals surface area contributed by atoms with Gasteiger partial charge in [-0.05, 0) is 150 Å². The van der Waals surface area contributed by atoms with Crippen molar-refractivity contribution >= 4 is 121 Å². The standard InChI is InChI=1S/C22H36N4O6P2.C19H31N3O5P2.C8H11O4P/c1-33(2)21(31)24-13-6-5-8-16(25-22(32)34(3)4)17(27)9-7-14-23-18(28)12-15-26-19(29)10-11-20(26)30;1-28(2)18(26)20-12-6-5-8-14(21-19(27)29(3)4)15(23)9-7-13-22-16(24)10-11-17(22)25;1-13(2)8(11)12-7-5(9)3-4-6(7)10/h10-11,16H,5-9,12-15H2,1-4H3,(H,23,28)(H,24,31)(H,25,32);10-11,14H,5-9,12-13H2,1-4H3,(H,20,26)(H,21,27);7H,3-4H2,1-2H3. The maximum Gasteiger partial charge on any atom is 0.326 e. The highest BCUT2D eigenvalue weighted by Crippen LogP contribution is 2.30. The fraction of sp³-hybridized carbons (Fsp3) is 0.633. The molecule has 2 atom stereocenters. The van der Waals surface area contributed by atoms with Crippen LogP contribution in [0.3, 0.4) is 0 Å². The van der Waals surface area contributed by atoms with Crippen LogP contribution in [0.15, 0.2) is 24.3 Å². The lowest BCUT2D eigenvalue weighted by Crippen LogP contribution is -2.40. The molecule has 2 aliphatic heterocycles. The van der Waals surface area contributed by atoms with Gasteiger partial charge in [0.2, 0.25) is 34.6 Å². The predicted octanol–water partition coefficient (Wildman–Crippen LogP) is 6.08. The number of imide groups is 2. The molecule has 0 aromatic carbocycles. The zero-order chi connectivity index (χ0) is 57.7. The third kappa shape index (κ3) is 27.6. The summed E-state index contributed by atoms with van der Waals surface area (Å²) in [6.45, 7) is 19.9. The Kier molecular flexibility index (Phi) is 34.0. The molecule has 3 aliphatic rings. The Morgan fingerprint density at radius 2 is 0.842 bits per heavy atom. The summed E-state index contributed by atoms with van der Waals surface area (Å²) in [6.07, 6.45) is 9.09. The summed E-state index contributed by atoms with van der Waals surface area (Å²) in [5.41, 5.74) is -0.565. The topological polar surface area (TPSA) is 315 Å². The van der Waals surface area contributed by atoms with E-state index in [4.69, 9.17) is 4.74 Å². The van der Waals surface area contributed by atoms with Crippen LogP contribution in [-0.4, -0.2) is 208 Å². The smallest absolute Gasteiger partial charge is 0.326 e. The predicted molar refractivity (Wildman–Crippen MR) is 300 cm³/mol. The Morgan fingerprint density at radius 3 is 1.22 bits per heavy atom. The number of ketones is 4. The Bertz CT molecular complexity index is 2120. The third-order valence-corrected chi connectivity index (χ3v) is 15.9. The molecule has 0 spiro atoms. The molecular weight excluding hydrogens is 1080 g/mol. The number of carbonyl (C=O) groups excluding carboxylic acids is 14. The van der Waals surface area contributed by atoms with Crippen molar-refractivity contribution in [2.24, 2.45) is 0 Å². The number of amides is 9. The molecule has 0 bridgehead atoms. The average Bonchev–Trinajstić information content (AvgIpc) is 3.98. The van der Waals surface area contributed by atoms with E-state index in [2.05, 4.69) is 26.6 Å². The van der Waals surface area contributed by atoms with Crippen LogP contribution in [0.25, 0.3) is 0 Å². The van der Waals surface area contributed by atoms with E-state index >= 15 is 0 Å². The van der Waals surface area contributed by atoms with Crippen molar-refractivity contribution in [3.05, 3.63) is 24.3 Å². The summed E-state index contributed by atoms with van der Waals surface area (Å²) in [5, 5.41) is 14.1. The molecule has 9 amide bonds. The van der Waals surface area contributed by atoms with E-state index in [1.807, 2.05) is 53.3 Å². The van der Waals surface area contributed by atoms with Crippen LogP contribution >= 0.6 is 39.6 Å². The number of rotatable bonds is 31. The number of ether oxygens (including phenoxy) is 1. The minimum atomic E-state index is -1.10. The number of nitrogens with zero attached hydrogens (tertiary/aromatic N) is 2. The second-order valence-electron chi connectivity index (χ2n) is 18.7. The molecule has 2 unspecified atom stereocenters. The first-order valence-electron chi connectivity index (χ1n) is 24.9. The molecular formula is C49H78N7O15P5. The van der Waals surface area contributed by atoms with Gasteiger partial charge < -0.3 is 31.3 Å². The first-order chi connectivity index (χ1) is 35.7. The molecule has 3 rings (SSSR count). The van der Waals surface area contributed by atoms with Gasteiger partial charge in [-0.15, -0.1) is 0 Å². The summed E-state index contributed by atoms with van der Waals surface area (Å²) >= 11 is 0. The number of hydrogen-bond acceptors (Lipinski definition) is 15. The second kappa shape index (κ2) is 37.3. The first-order valence-corrected chi connectivity index (χ1v) is 36.0. The molecule has 0 saturated heterocycles. The summed E-state index contributed by atoms with van der Waals surface area (Å²) < 4.78 is 4.79. The lowest BCUT2D eigenvalue weighted by molar-refractivity contribution is -0.138. The van der Waals surface area contributed by atoms with Gasteiger partial charge in [-0.3, -0.25) is 72.1 Å². The van der Waals surface area contributed by atoms with Crippen LogP contribution in [0.1, 0.15) is 83.5 Å². The van der Waals surface area contributed by atoms with E-state index in [1.165, 1.54) is 24.3 Å². The lowest BCUT2D eigenvalue weighted by Gasteiger charge is -2.20. The number of unbranched alkanes of at least 4 members (excludes halogenated alkanes) is 2. The molecule has 0 aromatic rings. The minimum Gasteiger partial charge on any atom is -0.443 e. The van der Waals surface area contributed by atoms with Gasteiger partial charge >= 0.3 is 5.71 Å². The molecule has 424 valence electrons. The van der Waals surface area contributed by atoms with Crippen molar-refractivity contribution < 1.29 is 71.9 Å². The molecule has 2 heterocycles. The van der Waals surface area contributed by atoms with Gasteiger partial charge in [-0.1, -0.05) is 0 Å². The van der Waals surface area contributed by atoms with Crippen molar-refractivity contribution in [3.8, 4) is 0 Å². The molecule has 1 saturated carbocycles. The van der Waals surface area contributed by atoms with Crippen LogP contribution in [-0.2, 0) is 47.9 Å². The van der Waals surface area contributed by atoms with Gasteiger partial charge in [0.15, 0.2) is 23.1 Å². The fourth-order valence-corrected chi connectivity index (χ4v) is 8.72. The Labute approximate surface area is 452 Å². The zero-order valence-electron chi connectivity index (χ0n) is 45.5. The summed E-state index contributed by atoms with van der Waals surface area (Å²) in [7, 11) is -3.93. The normalized spacial score (nSPS) is 15.0. The van der Waals surface area contributed by atoms with Crippen LogP contribution in [0.5, 0.6) is 0 Å². The average molecular weight is 1160 g/mol. The Morgan fingerprint density at radius 1 is 0.474 bits per heavy atom. The van der Waals surface area contributed by atoms with Crippen molar-refractivity contribution in [2.45, 2.75) is 102 Å². The fourth-order valence-electron chi connectivity index (χ4n) is 6.72. The zero-order valence-corrected chi connectivity index (χ0v) is 50.0. The molecule has 76 heavy (non-hydrogen) atoms. The second-order valence-corrected chi connectivity index (χ2v) is 29.6.